The molecular formula is C18H24N2O. The van der Waals surface area contributed by atoms with E-state index in [9.17, 15) is 0 Å². The summed E-state index contributed by atoms with van der Waals surface area (Å²) in [5.74, 6) is 0.950. The number of nitrogens with zero attached hydrogens (tertiary/aromatic N) is 1. The Morgan fingerprint density at radius 2 is 2.10 bits per heavy atom. The summed E-state index contributed by atoms with van der Waals surface area (Å²) in [7, 11) is 0. The second kappa shape index (κ2) is 5.45. The van der Waals surface area contributed by atoms with E-state index in [2.05, 4.69) is 22.4 Å². The predicted octanol–water partition coefficient (Wildman–Crippen LogP) is 3.56. The van der Waals surface area contributed by atoms with Crippen molar-refractivity contribution >= 4 is 5.57 Å². The van der Waals surface area contributed by atoms with Gasteiger partial charge in [0.05, 0.1) is 12.3 Å². The minimum atomic E-state index is 0.407. The number of aromatic nitrogens is 1. The summed E-state index contributed by atoms with van der Waals surface area (Å²) in [6.07, 6.45) is 15.5. The average molecular weight is 284 g/mol. The zero-order chi connectivity index (χ0) is 14.1. The average Bonchev–Trinajstić information content (AvgIpc) is 3.24. The largest absolute Gasteiger partial charge is 0.489 e. The Morgan fingerprint density at radius 3 is 2.90 bits per heavy atom. The first kappa shape index (κ1) is 13.3. The molecule has 1 aliphatic heterocycles. The predicted molar refractivity (Wildman–Crippen MR) is 84.3 cm³/mol. The van der Waals surface area contributed by atoms with Crippen LogP contribution < -0.4 is 10.1 Å². The van der Waals surface area contributed by atoms with Crippen molar-refractivity contribution in [3.05, 3.63) is 30.1 Å². The fraction of sp³-hybridized carbons (Fsp3) is 0.611. The molecule has 2 heterocycles. The number of rotatable bonds is 3. The van der Waals surface area contributed by atoms with Crippen LogP contribution in [0.15, 0.2) is 24.5 Å². The number of nitrogens with one attached hydrogen (secondary N) is 1. The molecule has 2 fully saturated rings. The Bertz CT molecular complexity index is 540. The van der Waals surface area contributed by atoms with Gasteiger partial charge in [0, 0.05) is 18.2 Å². The molecule has 1 spiro atoms. The first-order valence-corrected chi connectivity index (χ1v) is 8.38. The van der Waals surface area contributed by atoms with Gasteiger partial charge in [0.25, 0.3) is 0 Å². The Kier molecular flexibility index (Phi) is 3.46. The number of pyridine rings is 1. The monoisotopic (exact) mass is 284 g/mol. The fourth-order valence-electron chi connectivity index (χ4n) is 4.08. The summed E-state index contributed by atoms with van der Waals surface area (Å²) in [5.41, 5.74) is 3.13. The van der Waals surface area contributed by atoms with Crippen molar-refractivity contribution in [3.8, 4) is 5.75 Å². The highest BCUT2D eigenvalue weighted by Gasteiger charge is 2.36. The van der Waals surface area contributed by atoms with Crippen molar-refractivity contribution in [1.29, 1.82) is 0 Å². The molecule has 2 aliphatic carbocycles. The first-order chi connectivity index (χ1) is 10.3. The van der Waals surface area contributed by atoms with E-state index >= 15 is 0 Å². The van der Waals surface area contributed by atoms with Crippen molar-refractivity contribution in [2.75, 3.05) is 13.1 Å². The number of hydrogen-bond donors (Lipinski definition) is 1. The van der Waals surface area contributed by atoms with Gasteiger partial charge in [-0.25, -0.2) is 0 Å². The van der Waals surface area contributed by atoms with Crippen LogP contribution in [0.2, 0.25) is 0 Å². The summed E-state index contributed by atoms with van der Waals surface area (Å²) in [5, 5.41) is 3.50. The van der Waals surface area contributed by atoms with Crippen molar-refractivity contribution in [2.45, 2.75) is 51.0 Å². The van der Waals surface area contributed by atoms with Crippen LogP contribution in [0.4, 0.5) is 0 Å². The molecule has 3 heteroatoms. The maximum absolute atomic E-state index is 6.09. The van der Waals surface area contributed by atoms with E-state index in [-0.39, 0.29) is 0 Å². The lowest BCUT2D eigenvalue weighted by atomic mass is 9.87. The smallest absolute Gasteiger partial charge is 0.138 e. The molecule has 3 aliphatic rings. The van der Waals surface area contributed by atoms with Gasteiger partial charge in [-0.2, -0.15) is 0 Å². The summed E-state index contributed by atoms with van der Waals surface area (Å²) < 4.78 is 6.09. The van der Waals surface area contributed by atoms with Gasteiger partial charge in [0.15, 0.2) is 0 Å². The zero-order valence-electron chi connectivity index (χ0n) is 12.6. The van der Waals surface area contributed by atoms with Gasteiger partial charge >= 0.3 is 0 Å². The third kappa shape index (κ3) is 2.71. The minimum absolute atomic E-state index is 0.407. The SMILES string of the molecule is C1=C(c2cncc(OC3CCCC3)c2)CCC12CCNC2. The van der Waals surface area contributed by atoms with Crippen LogP contribution >= 0.6 is 0 Å². The third-order valence-corrected chi connectivity index (χ3v) is 5.34. The van der Waals surface area contributed by atoms with Crippen LogP contribution in [0.25, 0.3) is 5.57 Å². The normalized spacial score (nSPS) is 29.2. The molecule has 1 saturated heterocycles. The molecule has 1 aromatic rings. The Hall–Kier alpha value is -1.35. The lowest BCUT2D eigenvalue weighted by Gasteiger charge is -2.17. The van der Waals surface area contributed by atoms with Gasteiger partial charge in [-0.05, 0) is 68.7 Å². The minimum Gasteiger partial charge on any atom is -0.489 e. The Labute approximate surface area is 126 Å². The first-order valence-electron chi connectivity index (χ1n) is 8.38. The van der Waals surface area contributed by atoms with Crippen LogP contribution in [0.5, 0.6) is 5.75 Å². The zero-order valence-corrected chi connectivity index (χ0v) is 12.6. The van der Waals surface area contributed by atoms with E-state index in [1.54, 1.807) is 0 Å². The molecule has 112 valence electrons. The lowest BCUT2D eigenvalue weighted by Crippen LogP contribution is -2.18. The van der Waals surface area contributed by atoms with Crippen molar-refractivity contribution in [2.24, 2.45) is 5.41 Å². The summed E-state index contributed by atoms with van der Waals surface area (Å²) >= 11 is 0. The van der Waals surface area contributed by atoms with E-state index in [0.29, 0.717) is 11.5 Å². The number of allylic oxidation sites excluding steroid dienone is 1. The highest BCUT2D eigenvalue weighted by Crippen LogP contribution is 2.44. The second-order valence-corrected chi connectivity index (χ2v) is 6.89. The maximum Gasteiger partial charge on any atom is 0.138 e. The van der Waals surface area contributed by atoms with E-state index in [0.717, 1.165) is 18.8 Å². The molecule has 3 nitrogen and oxygen atoms in total. The van der Waals surface area contributed by atoms with Crippen molar-refractivity contribution < 1.29 is 4.74 Å². The van der Waals surface area contributed by atoms with Gasteiger partial charge in [0.2, 0.25) is 0 Å². The molecule has 1 N–H and O–H groups in total. The molecule has 1 atom stereocenters. The molecule has 1 aromatic heterocycles. The van der Waals surface area contributed by atoms with E-state index in [4.69, 9.17) is 4.74 Å². The molecule has 1 saturated carbocycles. The van der Waals surface area contributed by atoms with Gasteiger partial charge in [-0.1, -0.05) is 6.08 Å². The Morgan fingerprint density at radius 1 is 1.19 bits per heavy atom. The number of ether oxygens (including phenoxy) is 1. The molecule has 0 amide bonds. The lowest BCUT2D eigenvalue weighted by molar-refractivity contribution is 0.209. The maximum atomic E-state index is 6.09. The van der Waals surface area contributed by atoms with Crippen LogP contribution in [0, 0.1) is 5.41 Å². The van der Waals surface area contributed by atoms with E-state index in [1.165, 1.54) is 56.1 Å². The van der Waals surface area contributed by atoms with Crippen LogP contribution in [0.1, 0.15) is 50.5 Å². The molecule has 0 bridgehead atoms. The summed E-state index contributed by atoms with van der Waals surface area (Å²) in [6, 6.07) is 2.19. The topological polar surface area (TPSA) is 34.1 Å². The molecule has 21 heavy (non-hydrogen) atoms. The molecule has 4 rings (SSSR count). The van der Waals surface area contributed by atoms with Crippen LogP contribution in [0.3, 0.4) is 0 Å². The van der Waals surface area contributed by atoms with Gasteiger partial charge in [0.1, 0.15) is 5.75 Å². The Balaban J connectivity index is 1.52. The quantitative estimate of drug-likeness (QED) is 0.921. The van der Waals surface area contributed by atoms with Gasteiger partial charge in [-0.15, -0.1) is 0 Å². The highest BCUT2D eigenvalue weighted by molar-refractivity contribution is 5.69. The number of hydrogen-bond acceptors (Lipinski definition) is 3. The molecule has 0 radical (unpaired) electrons. The van der Waals surface area contributed by atoms with Crippen molar-refractivity contribution in [1.82, 2.24) is 10.3 Å². The highest BCUT2D eigenvalue weighted by atomic mass is 16.5. The molecule has 1 unspecified atom stereocenters. The molecule has 0 aromatic carbocycles. The second-order valence-electron chi connectivity index (χ2n) is 6.89. The van der Waals surface area contributed by atoms with Gasteiger partial charge in [-0.3, -0.25) is 4.98 Å². The van der Waals surface area contributed by atoms with Crippen LogP contribution in [-0.4, -0.2) is 24.2 Å². The fourth-order valence-corrected chi connectivity index (χ4v) is 4.08. The molecular weight excluding hydrogens is 260 g/mol. The van der Waals surface area contributed by atoms with E-state index < -0.39 is 0 Å². The summed E-state index contributed by atoms with van der Waals surface area (Å²) in [4.78, 5) is 4.40. The van der Waals surface area contributed by atoms with Gasteiger partial charge < -0.3 is 10.1 Å². The standard InChI is InChI=1S/C18H24N2O/c1-2-4-16(3-1)21-17-9-15(11-20-12-17)14-5-6-18(10-14)7-8-19-13-18/h9-12,16,19H,1-8,13H2. The van der Waals surface area contributed by atoms with E-state index in [1.807, 2.05) is 12.4 Å². The van der Waals surface area contributed by atoms with Crippen LogP contribution in [-0.2, 0) is 0 Å². The summed E-state index contributed by atoms with van der Waals surface area (Å²) in [6.45, 7) is 2.30. The van der Waals surface area contributed by atoms with Crippen molar-refractivity contribution in [3.63, 3.8) is 0 Å². The third-order valence-electron chi connectivity index (χ3n) is 5.34.